The Bertz CT molecular complexity index is 756. The van der Waals surface area contributed by atoms with Crippen LogP contribution >= 0.6 is 23.1 Å². The number of aryl methyl sites for hydroxylation is 1. The number of hydrazine groups is 1. The zero-order valence-electron chi connectivity index (χ0n) is 13.4. The molecule has 2 amide bonds. The molecule has 0 fully saturated rings. The van der Waals surface area contributed by atoms with E-state index < -0.39 is 0 Å². The van der Waals surface area contributed by atoms with Crippen LogP contribution < -0.4 is 10.9 Å². The molecule has 0 aliphatic heterocycles. The fraction of sp³-hybridized carbons (Fsp3) is 0.467. The lowest BCUT2D eigenvalue weighted by Gasteiger charge is -2.16. The number of thioether (sulfide) groups is 1. The average Bonchev–Trinajstić information content (AvgIpc) is 3.16. The van der Waals surface area contributed by atoms with Crippen molar-refractivity contribution in [3.05, 3.63) is 16.5 Å². The van der Waals surface area contributed by atoms with Crippen molar-refractivity contribution in [3.63, 3.8) is 0 Å². The van der Waals surface area contributed by atoms with Crippen molar-refractivity contribution >= 4 is 34.9 Å². The summed E-state index contributed by atoms with van der Waals surface area (Å²) in [6.07, 6.45) is 3.44. The van der Waals surface area contributed by atoms with Crippen LogP contribution in [-0.4, -0.2) is 27.8 Å². The molecular formula is C15H18N4O3S2. The van der Waals surface area contributed by atoms with Gasteiger partial charge in [0.2, 0.25) is 11.8 Å². The van der Waals surface area contributed by atoms with Gasteiger partial charge in [0.1, 0.15) is 0 Å². The first-order chi connectivity index (χ1) is 11.5. The second-order valence-electron chi connectivity index (χ2n) is 5.80. The lowest BCUT2D eigenvalue weighted by Crippen LogP contribution is -2.41. The van der Waals surface area contributed by atoms with Gasteiger partial charge in [-0.3, -0.25) is 20.4 Å². The quantitative estimate of drug-likeness (QED) is 0.636. The smallest absolute Gasteiger partial charge is 0.277 e. The first kappa shape index (κ1) is 17.0. The number of thiophene rings is 1. The highest BCUT2D eigenvalue weighted by atomic mass is 32.2. The summed E-state index contributed by atoms with van der Waals surface area (Å²) in [5, 5.41) is 8.37. The SMILES string of the molecule is CC(=O)NNC(=O)CSc1nnc(-c2cc3c(s2)CC[C@@H](C)C3)o1. The molecule has 0 unspecified atom stereocenters. The number of carbonyl (C=O) groups excluding carboxylic acids is 2. The van der Waals surface area contributed by atoms with Crippen LogP contribution in [0.1, 0.15) is 30.7 Å². The van der Waals surface area contributed by atoms with Gasteiger partial charge < -0.3 is 4.42 Å². The Labute approximate surface area is 147 Å². The second kappa shape index (κ2) is 7.35. The molecule has 0 bridgehead atoms. The van der Waals surface area contributed by atoms with E-state index in [2.05, 4.69) is 34.0 Å². The van der Waals surface area contributed by atoms with Gasteiger partial charge in [0.15, 0.2) is 0 Å². The summed E-state index contributed by atoms with van der Waals surface area (Å²) >= 11 is 2.84. The number of carbonyl (C=O) groups is 2. The monoisotopic (exact) mass is 366 g/mol. The molecule has 2 aromatic heterocycles. The highest BCUT2D eigenvalue weighted by molar-refractivity contribution is 7.99. The van der Waals surface area contributed by atoms with E-state index in [4.69, 9.17) is 4.42 Å². The zero-order chi connectivity index (χ0) is 17.1. The lowest BCUT2D eigenvalue weighted by atomic mass is 9.90. The average molecular weight is 366 g/mol. The van der Waals surface area contributed by atoms with Crippen LogP contribution in [0.25, 0.3) is 10.8 Å². The van der Waals surface area contributed by atoms with Gasteiger partial charge in [0.05, 0.1) is 10.6 Å². The molecule has 2 N–H and O–H groups in total. The van der Waals surface area contributed by atoms with E-state index in [0.717, 1.165) is 35.4 Å². The zero-order valence-corrected chi connectivity index (χ0v) is 15.1. The molecule has 0 aromatic carbocycles. The van der Waals surface area contributed by atoms with Crippen molar-refractivity contribution in [1.82, 2.24) is 21.0 Å². The van der Waals surface area contributed by atoms with Crippen LogP contribution in [0.15, 0.2) is 15.7 Å². The summed E-state index contributed by atoms with van der Waals surface area (Å²) < 4.78 is 5.63. The largest absolute Gasteiger partial charge is 0.410 e. The van der Waals surface area contributed by atoms with Crippen LogP contribution in [0.5, 0.6) is 0 Å². The number of rotatable bonds is 4. The maximum absolute atomic E-state index is 11.5. The second-order valence-corrected chi connectivity index (χ2v) is 7.86. The van der Waals surface area contributed by atoms with Gasteiger partial charge in [-0.1, -0.05) is 18.7 Å². The molecule has 7 nitrogen and oxygen atoms in total. The third-order valence-electron chi connectivity index (χ3n) is 3.65. The first-order valence-electron chi connectivity index (χ1n) is 7.65. The fourth-order valence-electron chi connectivity index (χ4n) is 2.50. The molecule has 9 heteroatoms. The van der Waals surface area contributed by atoms with E-state index in [9.17, 15) is 9.59 Å². The normalized spacial score (nSPS) is 16.5. The number of aromatic nitrogens is 2. The minimum Gasteiger partial charge on any atom is -0.410 e. The minimum absolute atomic E-state index is 0.0837. The van der Waals surface area contributed by atoms with E-state index in [1.54, 1.807) is 11.3 Å². The van der Waals surface area contributed by atoms with Crippen LogP contribution in [0, 0.1) is 5.92 Å². The molecule has 0 saturated heterocycles. The van der Waals surface area contributed by atoms with Crippen molar-refractivity contribution in [2.75, 3.05) is 5.75 Å². The van der Waals surface area contributed by atoms with Gasteiger partial charge in [0, 0.05) is 11.8 Å². The summed E-state index contributed by atoms with van der Waals surface area (Å²) in [6.45, 7) is 3.59. The molecular weight excluding hydrogens is 348 g/mol. The third kappa shape index (κ3) is 4.15. The molecule has 0 saturated carbocycles. The Morgan fingerprint density at radius 1 is 1.42 bits per heavy atom. The Morgan fingerprint density at radius 3 is 3.04 bits per heavy atom. The molecule has 1 aliphatic carbocycles. The number of fused-ring (bicyclic) bond motifs is 1. The third-order valence-corrected chi connectivity index (χ3v) is 5.69. The van der Waals surface area contributed by atoms with Crippen molar-refractivity contribution in [2.45, 2.75) is 38.3 Å². The number of amides is 2. The Kier molecular flexibility index (Phi) is 5.20. The Balaban J connectivity index is 1.60. The number of hydrogen-bond acceptors (Lipinski definition) is 7. The molecule has 2 aromatic rings. The van der Waals surface area contributed by atoms with Crippen LogP contribution in [0.4, 0.5) is 0 Å². The molecule has 1 aliphatic rings. The standard InChI is InChI=1S/C15H18N4O3S2/c1-8-3-4-11-10(5-8)6-12(24-11)14-18-19-15(22-14)23-7-13(21)17-16-9(2)20/h6,8H,3-5,7H2,1-2H3,(H,16,20)(H,17,21)/t8-/m1/s1. The van der Waals surface area contributed by atoms with Gasteiger partial charge in [-0.2, -0.15) is 0 Å². The Morgan fingerprint density at radius 2 is 2.25 bits per heavy atom. The molecule has 1 atom stereocenters. The maximum Gasteiger partial charge on any atom is 0.277 e. The summed E-state index contributed by atoms with van der Waals surface area (Å²) in [4.78, 5) is 24.6. The van der Waals surface area contributed by atoms with Crippen molar-refractivity contribution in [3.8, 4) is 10.8 Å². The summed E-state index contributed by atoms with van der Waals surface area (Å²) in [7, 11) is 0. The first-order valence-corrected chi connectivity index (χ1v) is 9.45. The number of hydrogen-bond donors (Lipinski definition) is 2. The number of nitrogens with zero attached hydrogens (tertiary/aromatic N) is 2. The van der Waals surface area contributed by atoms with Gasteiger partial charge in [-0.15, -0.1) is 21.5 Å². The van der Waals surface area contributed by atoms with E-state index in [1.165, 1.54) is 23.8 Å². The van der Waals surface area contributed by atoms with Crippen LogP contribution in [0.3, 0.4) is 0 Å². The van der Waals surface area contributed by atoms with Gasteiger partial charge in [-0.05, 0) is 36.8 Å². The van der Waals surface area contributed by atoms with E-state index in [0.29, 0.717) is 11.1 Å². The van der Waals surface area contributed by atoms with Crippen molar-refractivity contribution < 1.29 is 14.0 Å². The molecule has 3 rings (SSSR count). The van der Waals surface area contributed by atoms with Crippen molar-refractivity contribution in [1.29, 1.82) is 0 Å². The van der Waals surface area contributed by atoms with E-state index >= 15 is 0 Å². The van der Waals surface area contributed by atoms with Crippen LogP contribution in [-0.2, 0) is 22.4 Å². The minimum atomic E-state index is -0.337. The lowest BCUT2D eigenvalue weighted by molar-refractivity contribution is -0.126. The van der Waals surface area contributed by atoms with Crippen molar-refractivity contribution in [2.24, 2.45) is 5.92 Å². The predicted octanol–water partition coefficient (Wildman–Crippen LogP) is 2.18. The topological polar surface area (TPSA) is 97.1 Å². The summed E-state index contributed by atoms with van der Waals surface area (Å²) in [6, 6.07) is 2.14. The maximum atomic E-state index is 11.5. The highest BCUT2D eigenvalue weighted by Gasteiger charge is 2.21. The molecule has 2 heterocycles. The van der Waals surface area contributed by atoms with E-state index in [-0.39, 0.29) is 17.6 Å². The van der Waals surface area contributed by atoms with Gasteiger partial charge in [0.25, 0.3) is 11.1 Å². The van der Waals surface area contributed by atoms with Gasteiger partial charge >= 0.3 is 0 Å². The molecule has 0 spiro atoms. The predicted molar refractivity (Wildman–Crippen MR) is 91.5 cm³/mol. The number of nitrogens with one attached hydrogen (secondary N) is 2. The highest BCUT2D eigenvalue weighted by Crippen LogP contribution is 2.37. The summed E-state index contributed by atoms with van der Waals surface area (Å²) in [5.41, 5.74) is 5.89. The molecule has 128 valence electrons. The molecule has 24 heavy (non-hydrogen) atoms. The fourth-order valence-corrected chi connectivity index (χ4v) is 4.19. The van der Waals surface area contributed by atoms with E-state index in [1.807, 2.05) is 0 Å². The summed E-state index contributed by atoms with van der Waals surface area (Å²) in [5.74, 6) is 0.628. The molecule has 0 radical (unpaired) electrons. The van der Waals surface area contributed by atoms with Crippen LogP contribution in [0.2, 0.25) is 0 Å². The van der Waals surface area contributed by atoms with Gasteiger partial charge in [-0.25, -0.2) is 0 Å². The Hall–Kier alpha value is -1.87.